The zero-order chi connectivity index (χ0) is 19.2. The van der Waals surface area contributed by atoms with E-state index in [9.17, 15) is 9.59 Å². The maximum absolute atomic E-state index is 12.3. The molecule has 0 fully saturated rings. The van der Waals surface area contributed by atoms with Crippen LogP contribution in [0.25, 0.3) is 0 Å². The van der Waals surface area contributed by atoms with E-state index in [2.05, 4.69) is 20.6 Å². The highest BCUT2D eigenvalue weighted by molar-refractivity contribution is 6.05. The molecule has 0 saturated heterocycles. The van der Waals surface area contributed by atoms with Crippen LogP contribution in [-0.4, -0.2) is 28.9 Å². The Morgan fingerprint density at radius 1 is 0.815 bits per heavy atom. The lowest BCUT2D eigenvalue weighted by Crippen LogP contribution is -2.15. The van der Waals surface area contributed by atoms with Crippen molar-refractivity contribution in [1.29, 1.82) is 0 Å². The summed E-state index contributed by atoms with van der Waals surface area (Å²) in [6, 6.07) is 13.6. The standard InChI is InChI=1S/C20H18N4O3/c1-13-11-22-18(12-21-13)20(26)24-15-5-3-14(4-6-15)19(25)23-16-7-9-17(27-2)10-8-16/h3-12H,1-2H3,(H,23,25)(H,24,26). The molecule has 2 aromatic carbocycles. The number of carbonyl (C=O) groups is 2. The monoisotopic (exact) mass is 362 g/mol. The molecule has 2 N–H and O–H groups in total. The minimum Gasteiger partial charge on any atom is -0.497 e. The van der Waals surface area contributed by atoms with Crippen molar-refractivity contribution in [2.45, 2.75) is 6.92 Å². The van der Waals surface area contributed by atoms with Crippen LogP contribution in [-0.2, 0) is 0 Å². The highest BCUT2D eigenvalue weighted by Crippen LogP contribution is 2.17. The van der Waals surface area contributed by atoms with Crippen LogP contribution in [0.5, 0.6) is 5.75 Å². The van der Waals surface area contributed by atoms with Gasteiger partial charge in [-0.1, -0.05) is 0 Å². The molecule has 0 saturated carbocycles. The van der Waals surface area contributed by atoms with Gasteiger partial charge in [-0.2, -0.15) is 0 Å². The number of nitrogens with zero attached hydrogens (tertiary/aromatic N) is 2. The molecule has 2 amide bonds. The molecular weight excluding hydrogens is 344 g/mol. The molecule has 0 radical (unpaired) electrons. The molecule has 0 aliphatic heterocycles. The SMILES string of the molecule is COc1ccc(NC(=O)c2ccc(NC(=O)c3cnc(C)cn3)cc2)cc1. The third kappa shape index (κ3) is 4.66. The molecule has 0 bridgehead atoms. The topological polar surface area (TPSA) is 93.2 Å². The molecule has 0 atom stereocenters. The first kappa shape index (κ1) is 18.1. The lowest BCUT2D eigenvalue weighted by Gasteiger charge is -2.08. The number of hydrogen-bond donors (Lipinski definition) is 2. The third-order valence-corrected chi connectivity index (χ3v) is 3.77. The lowest BCUT2D eigenvalue weighted by molar-refractivity contribution is 0.101. The first-order chi connectivity index (χ1) is 13.0. The highest BCUT2D eigenvalue weighted by atomic mass is 16.5. The number of anilines is 2. The van der Waals surface area contributed by atoms with E-state index in [1.807, 2.05) is 0 Å². The van der Waals surface area contributed by atoms with Gasteiger partial charge in [-0.15, -0.1) is 0 Å². The average Bonchev–Trinajstić information content (AvgIpc) is 2.69. The Kier molecular flexibility index (Phi) is 5.41. The van der Waals surface area contributed by atoms with E-state index >= 15 is 0 Å². The van der Waals surface area contributed by atoms with E-state index in [1.54, 1.807) is 62.6 Å². The van der Waals surface area contributed by atoms with Crippen molar-refractivity contribution in [3.05, 3.63) is 77.9 Å². The smallest absolute Gasteiger partial charge is 0.275 e. The van der Waals surface area contributed by atoms with Gasteiger partial charge in [0.15, 0.2) is 0 Å². The number of carbonyl (C=O) groups excluding carboxylic acids is 2. The molecule has 27 heavy (non-hydrogen) atoms. The van der Waals surface area contributed by atoms with Crippen LogP contribution in [0.4, 0.5) is 11.4 Å². The van der Waals surface area contributed by atoms with Crippen molar-refractivity contribution in [2.24, 2.45) is 0 Å². The molecule has 0 aliphatic rings. The molecule has 0 aliphatic carbocycles. The van der Waals surface area contributed by atoms with Gasteiger partial charge in [0, 0.05) is 23.1 Å². The number of amides is 2. The Bertz CT molecular complexity index is 936. The zero-order valence-corrected chi connectivity index (χ0v) is 14.9. The molecule has 7 nitrogen and oxygen atoms in total. The Morgan fingerprint density at radius 2 is 1.41 bits per heavy atom. The minimum absolute atomic E-state index is 0.224. The van der Waals surface area contributed by atoms with Crippen LogP contribution >= 0.6 is 0 Å². The molecule has 3 rings (SSSR count). The van der Waals surface area contributed by atoms with Gasteiger partial charge in [-0.25, -0.2) is 4.98 Å². The second-order valence-corrected chi connectivity index (χ2v) is 5.76. The van der Waals surface area contributed by atoms with Crippen LogP contribution in [0.3, 0.4) is 0 Å². The molecular formula is C20H18N4O3. The van der Waals surface area contributed by atoms with E-state index in [0.29, 0.717) is 22.7 Å². The van der Waals surface area contributed by atoms with Crippen LogP contribution in [0.2, 0.25) is 0 Å². The normalized spacial score (nSPS) is 10.1. The van der Waals surface area contributed by atoms with Crippen LogP contribution < -0.4 is 15.4 Å². The summed E-state index contributed by atoms with van der Waals surface area (Å²) in [5.74, 6) is 0.103. The first-order valence-electron chi connectivity index (χ1n) is 8.20. The molecule has 136 valence electrons. The van der Waals surface area contributed by atoms with Crippen molar-refractivity contribution in [2.75, 3.05) is 17.7 Å². The van der Waals surface area contributed by atoms with Crippen LogP contribution in [0, 0.1) is 6.92 Å². The Labute approximate surface area is 156 Å². The molecule has 1 aromatic heterocycles. The summed E-state index contributed by atoms with van der Waals surface area (Å²) < 4.78 is 5.09. The number of rotatable bonds is 5. The van der Waals surface area contributed by atoms with E-state index < -0.39 is 0 Å². The molecule has 7 heteroatoms. The Balaban J connectivity index is 1.62. The quantitative estimate of drug-likeness (QED) is 0.726. The van der Waals surface area contributed by atoms with Crippen molar-refractivity contribution in [1.82, 2.24) is 9.97 Å². The van der Waals surface area contributed by atoms with Crippen molar-refractivity contribution in [3.8, 4) is 5.75 Å². The number of benzene rings is 2. The predicted octanol–water partition coefficient (Wildman–Crippen LogP) is 3.30. The van der Waals surface area contributed by atoms with E-state index in [1.165, 1.54) is 12.4 Å². The summed E-state index contributed by atoms with van der Waals surface area (Å²) >= 11 is 0. The van der Waals surface area contributed by atoms with Gasteiger partial charge in [-0.05, 0) is 55.5 Å². The number of aryl methyl sites for hydroxylation is 1. The summed E-state index contributed by atoms with van der Waals surface area (Å²) in [6.07, 6.45) is 2.95. The fourth-order valence-corrected chi connectivity index (χ4v) is 2.29. The second-order valence-electron chi connectivity index (χ2n) is 5.76. The van der Waals surface area contributed by atoms with Gasteiger partial charge in [-0.3, -0.25) is 14.6 Å². The summed E-state index contributed by atoms with van der Waals surface area (Å²) in [6.45, 7) is 1.80. The highest BCUT2D eigenvalue weighted by Gasteiger charge is 2.10. The largest absolute Gasteiger partial charge is 0.497 e. The lowest BCUT2D eigenvalue weighted by atomic mass is 10.2. The van der Waals surface area contributed by atoms with Crippen molar-refractivity contribution < 1.29 is 14.3 Å². The first-order valence-corrected chi connectivity index (χ1v) is 8.20. The summed E-state index contributed by atoms with van der Waals surface area (Å²) in [5.41, 5.74) is 2.65. The number of ether oxygens (including phenoxy) is 1. The van der Waals surface area contributed by atoms with Crippen LogP contribution in [0.15, 0.2) is 60.9 Å². The average molecular weight is 362 g/mol. The van der Waals surface area contributed by atoms with Gasteiger partial charge < -0.3 is 15.4 Å². The van der Waals surface area contributed by atoms with Gasteiger partial charge in [0.25, 0.3) is 11.8 Å². The predicted molar refractivity (Wildman–Crippen MR) is 102 cm³/mol. The Hall–Kier alpha value is -3.74. The zero-order valence-electron chi connectivity index (χ0n) is 14.9. The Morgan fingerprint density at radius 3 is 1.96 bits per heavy atom. The van der Waals surface area contributed by atoms with Gasteiger partial charge >= 0.3 is 0 Å². The van der Waals surface area contributed by atoms with Gasteiger partial charge in [0.05, 0.1) is 19.0 Å². The van der Waals surface area contributed by atoms with Crippen LogP contribution in [0.1, 0.15) is 26.5 Å². The number of hydrogen-bond acceptors (Lipinski definition) is 5. The fraction of sp³-hybridized carbons (Fsp3) is 0.100. The third-order valence-electron chi connectivity index (χ3n) is 3.77. The van der Waals surface area contributed by atoms with Crippen molar-refractivity contribution >= 4 is 23.2 Å². The molecule has 0 unspecified atom stereocenters. The molecule has 0 spiro atoms. The van der Waals surface area contributed by atoms with E-state index in [4.69, 9.17) is 4.74 Å². The summed E-state index contributed by atoms with van der Waals surface area (Å²) in [7, 11) is 1.58. The van der Waals surface area contributed by atoms with Crippen molar-refractivity contribution in [3.63, 3.8) is 0 Å². The van der Waals surface area contributed by atoms with E-state index in [-0.39, 0.29) is 17.5 Å². The summed E-state index contributed by atoms with van der Waals surface area (Å²) in [4.78, 5) is 32.5. The van der Waals surface area contributed by atoms with Gasteiger partial charge in [0.2, 0.25) is 0 Å². The molecule has 1 heterocycles. The second kappa shape index (κ2) is 8.09. The number of methoxy groups -OCH3 is 1. The van der Waals surface area contributed by atoms with E-state index in [0.717, 1.165) is 5.69 Å². The number of nitrogens with one attached hydrogen (secondary N) is 2. The number of aromatic nitrogens is 2. The minimum atomic E-state index is -0.363. The maximum atomic E-state index is 12.3. The molecule has 3 aromatic rings. The summed E-state index contributed by atoms with van der Waals surface area (Å²) in [5, 5.41) is 5.52. The maximum Gasteiger partial charge on any atom is 0.275 e. The fourth-order valence-electron chi connectivity index (χ4n) is 2.29. The van der Waals surface area contributed by atoms with Gasteiger partial charge in [0.1, 0.15) is 11.4 Å².